The molecule has 0 aromatic carbocycles. The molecule has 0 bridgehead atoms. The molecule has 2 rings (SSSR count). The van der Waals surface area contributed by atoms with E-state index in [0.717, 1.165) is 31.4 Å². The van der Waals surface area contributed by atoms with Crippen molar-refractivity contribution < 1.29 is 5.11 Å². The molecule has 0 saturated heterocycles. The van der Waals surface area contributed by atoms with Gasteiger partial charge in [-0.05, 0) is 42.4 Å². The van der Waals surface area contributed by atoms with E-state index in [1.807, 2.05) is 10.9 Å². The van der Waals surface area contributed by atoms with Gasteiger partial charge >= 0.3 is 0 Å². The lowest BCUT2D eigenvalue weighted by atomic mass is 9.85. The highest BCUT2D eigenvalue weighted by Gasteiger charge is 2.30. The number of aromatic nitrogens is 2. The summed E-state index contributed by atoms with van der Waals surface area (Å²) in [5.74, 6) is 0. The summed E-state index contributed by atoms with van der Waals surface area (Å²) in [5.41, 5.74) is 0.646. The van der Waals surface area contributed by atoms with Crippen molar-refractivity contribution in [2.75, 3.05) is 0 Å². The van der Waals surface area contributed by atoms with Crippen LogP contribution in [-0.4, -0.2) is 20.5 Å². The molecule has 0 atom stereocenters. The van der Waals surface area contributed by atoms with Crippen LogP contribution in [0.2, 0.25) is 0 Å². The van der Waals surface area contributed by atoms with E-state index in [2.05, 4.69) is 34.6 Å². The van der Waals surface area contributed by atoms with Gasteiger partial charge in [0.1, 0.15) is 0 Å². The average Bonchev–Trinajstić information content (AvgIpc) is 2.50. The molecule has 3 nitrogen and oxygen atoms in total. The van der Waals surface area contributed by atoms with Crippen LogP contribution in [-0.2, 0) is 6.54 Å². The fraction of sp³-hybridized carbons (Fsp3) is 0.727. The summed E-state index contributed by atoms with van der Waals surface area (Å²) in [6.45, 7) is 2.71. The lowest BCUT2D eigenvalue weighted by molar-refractivity contribution is -0.0147. The molecule has 1 fully saturated rings. The number of nitrogens with zero attached hydrogens (tertiary/aromatic N) is 2. The largest absolute Gasteiger partial charge is 0.388 e. The summed E-state index contributed by atoms with van der Waals surface area (Å²) < 4.78 is 3.11. The molecular weight excluding hydrogens is 303 g/mol. The first-order valence-electron chi connectivity index (χ1n) is 5.51. The highest BCUT2D eigenvalue weighted by molar-refractivity contribution is 14.1. The molecule has 4 heteroatoms. The van der Waals surface area contributed by atoms with E-state index in [0.29, 0.717) is 6.54 Å². The molecule has 15 heavy (non-hydrogen) atoms. The second-order valence-electron chi connectivity index (χ2n) is 4.52. The summed E-state index contributed by atoms with van der Waals surface area (Å²) in [5, 5.41) is 14.7. The van der Waals surface area contributed by atoms with Crippen LogP contribution in [0, 0.1) is 10.5 Å². The maximum Gasteiger partial charge on any atom is 0.0842 e. The Labute approximate surface area is 104 Å². The SMILES string of the molecule is Cc1c(I)cnn1CC1(O)CCCCC1. The molecule has 0 unspecified atom stereocenters. The minimum Gasteiger partial charge on any atom is -0.388 e. The Balaban J connectivity index is 2.10. The zero-order chi connectivity index (χ0) is 10.9. The van der Waals surface area contributed by atoms with Crippen molar-refractivity contribution in [1.29, 1.82) is 0 Å². The highest BCUT2D eigenvalue weighted by Crippen LogP contribution is 2.29. The molecule has 0 spiro atoms. The van der Waals surface area contributed by atoms with E-state index in [-0.39, 0.29) is 0 Å². The van der Waals surface area contributed by atoms with E-state index in [9.17, 15) is 5.11 Å². The second kappa shape index (κ2) is 4.41. The molecule has 1 aromatic heterocycles. The van der Waals surface area contributed by atoms with Crippen molar-refractivity contribution in [2.45, 2.75) is 51.2 Å². The van der Waals surface area contributed by atoms with Crippen LogP contribution in [0.3, 0.4) is 0 Å². The fourth-order valence-electron chi connectivity index (χ4n) is 2.23. The lowest BCUT2D eigenvalue weighted by Crippen LogP contribution is -2.36. The van der Waals surface area contributed by atoms with Gasteiger partial charge in [-0.2, -0.15) is 5.10 Å². The van der Waals surface area contributed by atoms with Gasteiger partial charge in [-0.25, -0.2) is 0 Å². The summed E-state index contributed by atoms with van der Waals surface area (Å²) in [6, 6.07) is 0. The molecule has 1 aliphatic carbocycles. The first-order chi connectivity index (χ1) is 7.11. The topological polar surface area (TPSA) is 38.0 Å². The number of hydrogen-bond acceptors (Lipinski definition) is 2. The van der Waals surface area contributed by atoms with Crippen LogP contribution >= 0.6 is 22.6 Å². The van der Waals surface area contributed by atoms with E-state index < -0.39 is 5.60 Å². The maximum absolute atomic E-state index is 10.4. The zero-order valence-corrected chi connectivity index (χ0v) is 11.2. The molecule has 0 amide bonds. The van der Waals surface area contributed by atoms with Gasteiger partial charge in [-0.3, -0.25) is 4.68 Å². The Morgan fingerprint density at radius 3 is 2.67 bits per heavy atom. The first kappa shape index (κ1) is 11.4. The van der Waals surface area contributed by atoms with Crippen LogP contribution in [0.15, 0.2) is 6.20 Å². The van der Waals surface area contributed by atoms with E-state index in [1.54, 1.807) is 0 Å². The Morgan fingerprint density at radius 1 is 1.47 bits per heavy atom. The Hall–Kier alpha value is -0.100. The normalized spacial score (nSPS) is 20.5. The molecule has 0 radical (unpaired) electrons. The van der Waals surface area contributed by atoms with Crippen LogP contribution in [0.25, 0.3) is 0 Å². The number of hydrogen-bond donors (Lipinski definition) is 1. The number of halogens is 1. The Kier molecular flexibility index (Phi) is 3.35. The summed E-state index contributed by atoms with van der Waals surface area (Å²) in [7, 11) is 0. The molecule has 1 N–H and O–H groups in total. The van der Waals surface area contributed by atoms with Gasteiger partial charge < -0.3 is 5.11 Å². The third kappa shape index (κ3) is 2.53. The number of aliphatic hydroxyl groups is 1. The zero-order valence-electron chi connectivity index (χ0n) is 9.04. The summed E-state index contributed by atoms with van der Waals surface area (Å²) in [4.78, 5) is 0. The molecular formula is C11H17IN2O. The van der Waals surface area contributed by atoms with Crippen molar-refractivity contribution in [2.24, 2.45) is 0 Å². The minimum absolute atomic E-state index is 0.516. The Bertz CT molecular complexity index is 342. The monoisotopic (exact) mass is 320 g/mol. The minimum atomic E-state index is -0.516. The summed E-state index contributed by atoms with van der Waals surface area (Å²) in [6.07, 6.45) is 7.26. The van der Waals surface area contributed by atoms with E-state index >= 15 is 0 Å². The van der Waals surface area contributed by atoms with Crippen LogP contribution in [0.4, 0.5) is 0 Å². The molecule has 0 aliphatic heterocycles. The van der Waals surface area contributed by atoms with E-state index in [4.69, 9.17) is 0 Å². The molecule has 84 valence electrons. The van der Waals surface area contributed by atoms with Gasteiger partial charge in [-0.15, -0.1) is 0 Å². The summed E-state index contributed by atoms with van der Waals surface area (Å²) >= 11 is 2.28. The number of rotatable bonds is 2. The lowest BCUT2D eigenvalue weighted by Gasteiger charge is -2.32. The fourth-order valence-corrected chi connectivity index (χ4v) is 2.63. The molecule has 1 aromatic rings. The van der Waals surface area contributed by atoms with Gasteiger partial charge in [0.05, 0.1) is 21.9 Å². The van der Waals surface area contributed by atoms with Crippen molar-refractivity contribution in [1.82, 2.24) is 9.78 Å². The average molecular weight is 320 g/mol. The van der Waals surface area contributed by atoms with Gasteiger partial charge in [0, 0.05) is 5.69 Å². The Morgan fingerprint density at radius 2 is 2.13 bits per heavy atom. The van der Waals surface area contributed by atoms with Crippen LogP contribution in [0.1, 0.15) is 37.8 Å². The standard InChI is InChI=1S/C11H17IN2O/c1-9-10(12)7-13-14(9)8-11(15)5-3-2-4-6-11/h7,15H,2-6,8H2,1H3. The molecule has 1 aliphatic rings. The quantitative estimate of drug-likeness (QED) is 0.850. The maximum atomic E-state index is 10.4. The van der Waals surface area contributed by atoms with Gasteiger partial charge in [0.15, 0.2) is 0 Å². The molecule has 1 heterocycles. The van der Waals surface area contributed by atoms with Crippen LogP contribution in [0.5, 0.6) is 0 Å². The van der Waals surface area contributed by atoms with Gasteiger partial charge in [0.25, 0.3) is 0 Å². The van der Waals surface area contributed by atoms with Gasteiger partial charge in [0.2, 0.25) is 0 Å². The first-order valence-corrected chi connectivity index (χ1v) is 6.59. The third-order valence-corrected chi connectivity index (χ3v) is 4.33. The second-order valence-corrected chi connectivity index (χ2v) is 5.68. The predicted molar refractivity (Wildman–Crippen MR) is 67.7 cm³/mol. The molecule has 1 saturated carbocycles. The van der Waals surface area contributed by atoms with E-state index in [1.165, 1.54) is 9.99 Å². The predicted octanol–water partition coefficient (Wildman–Crippen LogP) is 2.49. The van der Waals surface area contributed by atoms with Crippen molar-refractivity contribution in [3.63, 3.8) is 0 Å². The third-order valence-electron chi connectivity index (χ3n) is 3.27. The van der Waals surface area contributed by atoms with Crippen LogP contribution < -0.4 is 0 Å². The highest BCUT2D eigenvalue weighted by atomic mass is 127. The smallest absolute Gasteiger partial charge is 0.0842 e. The van der Waals surface area contributed by atoms with Crippen molar-refractivity contribution in [3.05, 3.63) is 15.5 Å². The van der Waals surface area contributed by atoms with Crippen molar-refractivity contribution >= 4 is 22.6 Å². The van der Waals surface area contributed by atoms with Crippen molar-refractivity contribution in [3.8, 4) is 0 Å². The van der Waals surface area contributed by atoms with Gasteiger partial charge in [-0.1, -0.05) is 19.3 Å².